The number of phosphoric ester groups is 1. The fourth-order valence-corrected chi connectivity index (χ4v) is 6.60. The zero-order chi connectivity index (χ0) is 41.9. The van der Waals surface area contributed by atoms with Crippen molar-refractivity contribution in [2.24, 2.45) is 5.73 Å². The normalized spacial score (nSPS) is 14.5. The van der Waals surface area contributed by atoms with Crippen molar-refractivity contribution in [1.82, 2.24) is 0 Å². The van der Waals surface area contributed by atoms with Gasteiger partial charge in [-0.25, -0.2) is 4.57 Å². The second-order valence-corrected chi connectivity index (χ2v) is 16.2. The molecule has 0 saturated carbocycles. The number of aliphatic carboxylic acids is 1. The summed E-state index contributed by atoms with van der Waals surface area (Å²) in [6.07, 6.45) is 49.9. The van der Waals surface area contributed by atoms with Crippen LogP contribution in [0, 0.1) is 0 Å². The van der Waals surface area contributed by atoms with Crippen molar-refractivity contribution in [2.45, 2.75) is 193 Å². The fraction of sp³-hybridized carbons (Fsp3) is 0.739. The summed E-state index contributed by atoms with van der Waals surface area (Å²) in [5.41, 5.74) is 5.35. The third-order valence-electron chi connectivity index (χ3n) is 9.28. The highest BCUT2D eigenvalue weighted by molar-refractivity contribution is 7.47. The molecule has 0 heterocycles. The van der Waals surface area contributed by atoms with Crippen molar-refractivity contribution >= 4 is 19.8 Å². The van der Waals surface area contributed by atoms with E-state index in [1.807, 2.05) is 0 Å². The second-order valence-electron chi connectivity index (χ2n) is 14.8. The number of hydrogen-bond acceptors (Lipinski definition) is 8. The molecule has 0 radical (unpaired) electrons. The Balaban J connectivity index is 4.26. The molecule has 0 aromatic carbocycles. The largest absolute Gasteiger partial charge is 0.480 e. The van der Waals surface area contributed by atoms with Gasteiger partial charge in [-0.2, -0.15) is 0 Å². The van der Waals surface area contributed by atoms with Gasteiger partial charge < -0.3 is 25.2 Å². The fourth-order valence-electron chi connectivity index (χ4n) is 5.82. The number of nitrogens with two attached hydrogens (primary N) is 1. The lowest BCUT2D eigenvalue weighted by molar-refractivity contribution is -0.154. The van der Waals surface area contributed by atoms with Crippen LogP contribution in [0.5, 0.6) is 0 Å². The van der Waals surface area contributed by atoms with Gasteiger partial charge in [0.05, 0.1) is 19.8 Å². The standard InChI is InChI=1S/C46H82NO9P/c1-3-5-7-9-11-13-15-17-19-20-21-22-23-25-27-29-31-33-35-37-39-53-40-43(41-54-57(51,52)55-42-44(47)46(49)50)56-45(48)38-36-34-32-30-28-26-24-18-16-14-12-10-8-6-4-2/h6,8,12,14,17-19,24,28,30,43-44H,3-5,7,9-11,13,15-16,20-23,25-27,29,31-42,47H2,1-2H3,(H,49,50)(H,51,52)/b8-6-,14-12-,19-17-,24-18-,30-28-. The maximum atomic E-state index is 12.6. The Labute approximate surface area is 347 Å². The molecule has 0 spiro atoms. The lowest BCUT2D eigenvalue weighted by Gasteiger charge is -2.20. The Morgan fingerprint density at radius 3 is 1.54 bits per heavy atom. The van der Waals surface area contributed by atoms with Crippen LogP contribution in [0.2, 0.25) is 0 Å². The highest BCUT2D eigenvalue weighted by Crippen LogP contribution is 2.43. The Morgan fingerprint density at radius 1 is 0.579 bits per heavy atom. The zero-order valence-corrected chi connectivity index (χ0v) is 36.8. The molecule has 11 heteroatoms. The molecule has 0 aliphatic rings. The highest BCUT2D eigenvalue weighted by atomic mass is 31.2. The van der Waals surface area contributed by atoms with Crippen LogP contribution in [-0.4, -0.2) is 60.5 Å². The van der Waals surface area contributed by atoms with Gasteiger partial charge >= 0.3 is 19.8 Å². The number of ether oxygens (including phenoxy) is 2. The Kier molecular flexibility index (Phi) is 40.1. The number of carboxylic acids is 1. The van der Waals surface area contributed by atoms with Crippen LogP contribution in [0.4, 0.5) is 0 Å². The van der Waals surface area contributed by atoms with E-state index in [0.717, 1.165) is 57.8 Å². The first-order valence-corrected chi connectivity index (χ1v) is 23.8. The summed E-state index contributed by atoms with van der Waals surface area (Å²) in [5.74, 6) is -1.82. The van der Waals surface area contributed by atoms with Crippen molar-refractivity contribution in [1.29, 1.82) is 0 Å². The van der Waals surface area contributed by atoms with E-state index in [2.05, 4.69) is 74.6 Å². The van der Waals surface area contributed by atoms with Gasteiger partial charge in [-0.15, -0.1) is 0 Å². The molecule has 330 valence electrons. The average molecular weight is 824 g/mol. The van der Waals surface area contributed by atoms with Gasteiger partial charge in [0.1, 0.15) is 12.1 Å². The third kappa shape index (κ3) is 41.6. The molecule has 0 rings (SSSR count). The molecular weight excluding hydrogens is 741 g/mol. The highest BCUT2D eigenvalue weighted by Gasteiger charge is 2.27. The summed E-state index contributed by atoms with van der Waals surface area (Å²) in [5, 5.41) is 8.90. The van der Waals surface area contributed by atoms with Gasteiger partial charge in [-0.3, -0.25) is 18.6 Å². The molecular formula is C46H82NO9P. The van der Waals surface area contributed by atoms with E-state index in [4.69, 9.17) is 29.4 Å². The molecule has 0 amide bonds. The van der Waals surface area contributed by atoms with Gasteiger partial charge in [0.15, 0.2) is 0 Å². The molecule has 10 nitrogen and oxygen atoms in total. The third-order valence-corrected chi connectivity index (χ3v) is 10.2. The predicted octanol–water partition coefficient (Wildman–Crippen LogP) is 12.4. The number of allylic oxidation sites excluding steroid dienone is 10. The molecule has 0 aliphatic carbocycles. The average Bonchev–Trinajstić information content (AvgIpc) is 3.19. The van der Waals surface area contributed by atoms with Crippen LogP contribution in [0.3, 0.4) is 0 Å². The van der Waals surface area contributed by atoms with Crippen molar-refractivity contribution in [3.05, 3.63) is 60.8 Å². The molecule has 3 atom stereocenters. The van der Waals surface area contributed by atoms with Crippen LogP contribution >= 0.6 is 7.82 Å². The summed E-state index contributed by atoms with van der Waals surface area (Å²) < 4.78 is 33.3. The molecule has 4 N–H and O–H groups in total. The van der Waals surface area contributed by atoms with Crippen molar-refractivity contribution < 1.29 is 42.7 Å². The number of rotatable bonds is 42. The maximum Gasteiger partial charge on any atom is 0.472 e. The first kappa shape index (κ1) is 54.7. The summed E-state index contributed by atoms with van der Waals surface area (Å²) >= 11 is 0. The number of carbonyl (C=O) groups excluding carboxylic acids is 1. The molecule has 3 unspecified atom stereocenters. The molecule has 0 aromatic rings. The minimum Gasteiger partial charge on any atom is -0.480 e. The summed E-state index contributed by atoms with van der Waals surface area (Å²) in [4.78, 5) is 33.5. The van der Waals surface area contributed by atoms with Crippen molar-refractivity contribution in [3.63, 3.8) is 0 Å². The first-order valence-electron chi connectivity index (χ1n) is 22.3. The van der Waals surface area contributed by atoms with E-state index in [9.17, 15) is 19.0 Å². The van der Waals surface area contributed by atoms with Crippen LogP contribution in [0.15, 0.2) is 60.8 Å². The molecule has 0 aromatic heterocycles. The molecule has 0 aliphatic heterocycles. The Hall–Kier alpha value is -2.33. The van der Waals surface area contributed by atoms with Gasteiger partial charge in [0.25, 0.3) is 0 Å². The number of carboxylic acid groups (broad SMARTS) is 1. The van der Waals surface area contributed by atoms with E-state index in [-0.39, 0.29) is 13.0 Å². The van der Waals surface area contributed by atoms with Gasteiger partial charge in [-0.1, -0.05) is 158 Å². The van der Waals surface area contributed by atoms with Crippen molar-refractivity contribution in [2.75, 3.05) is 26.4 Å². The first-order chi connectivity index (χ1) is 27.7. The Bertz CT molecular complexity index is 1140. The van der Waals surface area contributed by atoms with Gasteiger partial charge in [-0.05, 0) is 77.0 Å². The Morgan fingerprint density at radius 2 is 1.02 bits per heavy atom. The molecule has 0 fully saturated rings. The van der Waals surface area contributed by atoms with Crippen LogP contribution < -0.4 is 5.73 Å². The quantitative estimate of drug-likeness (QED) is 0.0234. The van der Waals surface area contributed by atoms with Crippen molar-refractivity contribution in [3.8, 4) is 0 Å². The minimum absolute atomic E-state index is 0.00273. The smallest absolute Gasteiger partial charge is 0.472 e. The molecule has 0 bridgehead atoms. The minimum atomic E-state index is -4.63. The lowest BCUT2D eigenvalue weighted by Crippen LogP contribution is -2.34. The van der Waals surface area contributed by atoms with E-state index >= 15 is 0 Å². The molecule has 0 saturated heterocycles. The number of esters is 1. The number of carbonyl (C=O) groups is 2. The van der Waals surface area contributed by atoms with E-state index in [1.165, 1.54) is 96.3 Å². The lowest BCUT2D eigenvalue weighted by atomic mass is 10.1. The zero-order valence-electron chi connectivity index (χ0n) is 35.9. The van der Waals surface area contributed by atoms with Gasteiger partial charge in [0, 0.05) is 13.0 Å². The summed E-state index contributed by atoms with van der Waals surface area (Å²) in [6.45, 7) is 3.71. The second kappa shape index (κ2) is 41.8. The van der Waals surface area contributed by atoms with Crippen LogP contribution in [0.25, 0.3) is 0 Å². The number of unbranched alkanes of at least 4 members (excludes halogenated alkanes) is 18. The number of hydrogen-bond donors (Lipinski definition) is 3. The van der Waals surface area contributed by atoms with Crippen LogP contribution in [-0.2, 0) is 32.7 Å². The topological polar surface area (TPSA) is 155 Å². The summed E-state index contributed by atoms with van der Waals surface area (Å²) in [7, 11) is -4.63. The number of phosphoric acid groups is 1. The van der Waals surface area contributed by atoms with E-state index in [0.29, 0.717) is 13.0 Å². The van der Waals surface area contributed by atoms with E-state index < -0.39 is 45.1 Å². The summed E-state index contributed by atoms with van der Waals surface area (Å²) in [6, 6.07) is -1.48. The SMILES string of the molecule is CC/C=C\C/C=C\C/C=C\C/C=C\CCCCC(=O)OC(COCCCCCCCCCCCC/C=C\CCCCCCCC)COP(=O)(O)OCC(N)C(=O)O. The van der Waals surface area contributed by atoms with E-state index in [1.54, 1.807) is 0 Å². The maximum absolute atomic E-state index is 12.6. The predicted molar refractivity (Wildman–Crippen MR) is 235 cm³/mol. The van der Waals surface area contributed by atoms with Gasteiger partial charge in [0.2, 0.25) is 0 Å². The molecule has 57 heavy (non-hydrogen) atoms. The van der Waals surface area contributed by atoms with Crippen LogP contribution in [0.1, 0.15) is 181 Å². The monoisotopic (exact) mass is 824 g/mol.